The highest BCUT2D eigenvalue weighted by Crippen LogP contribution is 2.44. The molecule has 1 amide bonds. The third-order valence-electron chi connectivity index (χ3n) is 3.76. The molecule has 1 aliphatic rings. The molecule has 1 aliphatic heterocycles. The molecule has 4 nitrogen and oxygen atoms in total. The SMILES string of the molecule is O=C(C[C@@]1(O)C(=O)Nc2c(Cl)cc(Cl)cc21)c1ccc(Br)cc1Br. The summed E-state index contributed by atoms with van der Waals surface area (Å²) in [4.78, 5) is 24.9. The van der Waals surface area contributed by atoms with Gasteiger partial charge in [0, 0.05) is 25.1 Å². The predicted octanol–water partition coefficient (Wildman–Crippen LogP) is 4.93. The van der Waals surface area contributed by atoms with Crippen LogP contribution < -0.4 is 5.32 Å². The van der Waals surface area contributed by atoms with Gasteiger partial charge in [-0.05, 0) is 30.3 Å². The van der Waals surface area contributed by atoms with Gasteiger partial charge in [0.2, 0.25) is 0 Å². The van der Waals surface area contributed by atoms with Crippen molar-refractivity contribution in [3.63, 3.8) is 0 Å². The molecule has 1 heterocycles. The van der Waals surface area contributed by atoms with Crippen molar-refractivity contribution in [2.75, 3.05) is 5.32 Å². The Hall–Kier alpha value is -0.920. The van der Waals surface area contributed by atoms with Gasteiger partial charge in [0.15, 0.2) is 11.4 Å². The maximum absolute atomic E-state index is 12.6. The third-order valence-corrected chi connectivity index (χ3v) is 5.43. The average Bonchev–Trinajstić information content (AvgIpc) is 2.72. The standard InChI is InChI=1S/C16H9Br2Cl2NO3/c17-7-1-2-9(11(18)3-7)13(22)6-16(24)10-4-8(19)5-12(20)14(10)21-15(16)23/h1-5,24H,6H2,(H,21,23)/t16-/m0/s1. The van der Waals surface area contributed by atoms with Crippen molar-refractivity contribution in [3.8, 4) is 0 Å². The molecule has 0 radical (unpaired) electrons. The number of halogens is 4. The number of ketones is 1. The fourth-order valence-corrected chi connectivity index (χ4v) is 4.39. The number of nitrogens with one attached hydrogen (secondary N) is 1. The van der Waals surface area contributed by atoms with E-state index in [1.54, 1.807) is 18.2 Å². The number of hydrogen-bond acceptors (Lipinski definition) is 3. The number of aliphatic hydroxyl groups is 1. The Morgan fingerprint density at radius 1 is 1.21 bits per heavy atom. The van der Waals surface area contributed by atoms with Crippen LogP contribution in [0.25, 0.3) is 0 Å². The molecule has 0 spiro atoms. The van der Waals surface area contributed by atoms with Crippen LogP contribution in [0.1, 0.15) is 22.3 Å². The van der Waals surface area contributed by atoms with E-state index >= 15 is 0 Å². The van der Waals surface area contributed by atoms with Crippen molar-refractivity contribution < 1.29 is 14.7 Å². The van der Waals surface area contributed by atoms with E-state index in [-0.39, 0.29) is 21.3 Å². The van der Waals surface area contributed by atoms with Crippen LogP contribution in [0.2, 0.25) is 10.0 Å². The van der Waals surface area contributed by atoms with E-state index in [2.05, 4.69) is 37.2 Å². The van der Waals surface area contributed by atoms with Crippen LogP contribution in [0.15, 0.2) is 39.3 Å². The van der Waals surface area contributed by atoms with E-state index in [1.165, 1.54) is 12.1 Å². The minimum Gasteiger partial charge on any atom is -0.375 e. The number of rotatable bonds is 3. The van der Waals surface area contributed by atoms with Gasteiger partial charge in [-0.25, -0.2) is 0 Å². The molecular formula is C16H9Br2Cl2NO3. The number of Topliss-reactive ketones (excluding diaryl/α,β-unsaturated/α-hetero) is 1. The van der Waals surface area contributed by atoms with Gasteiger partial charge >= 0.3 is 0 Å². The summed E-state index contributed by atoms with van der Waals surface area (Å²) in [5.41, 5.74) is -1.18. The Labute approximate surface area is 164 Å². The summed E-state index contributed by atoms with van der Waals surface area (Å²) < 4.78 is 1.36. The molecule has 2 aromatic carbocycles. The second-order valence-electron chi connectivity index (χ2n) is 5.35. The number of fused-ring (bicyclic) bond motifs is 1. The summed E-state index contributed by atoms with van der Waals surface area (Å²) in [6.45, 7) is 0. The van der Waals surface area contributed by atoms with E-state index in [0.29, 0.717) is 10.0 Å². The molecule has 1 atom stereocenters. The third kappa shape index (κ3) is 3.02. The van der Waals surface area contributed by atoms with Gasteiger partial charge in [-0.3, -0.25) is 9.59 Å². The minimum absolute atomic E-state index is 0.201. The lowest BCUT2D eigenvalue weighted by Gasteiger charge is -2.20. The summed E-state index contributed by atoms with van der Waals surface area (Å²) in [6.07, 6.45) is -0.428. The van der Waals surface area contributed by atoms with Crippen LogP contribution in [-0.2, 0) is 10.4 Å². The van der Waals surface area contributed by atoms with Gasteiger partial charge in [-0.2, -0.15) is 0 Å². The number of carbonyl (C=O) groups excluding carboxylic acids is 2. The highest BCUT2D eigenvalue weighted by Gasteiger charge is 2.48. The van der Waals surface area contributed by atoms with Crippen LogP contribution in [0.4, 0.5) is 5.69 Å². The fourth-order valence-electron chi connectivity index (χ4n) is 2.58. The zero-order valence-corrected chi connectivity index (χ0v) is 16.6. The second-order valence-corrected chi connectivity index (χ2v) is 7.96. The predicted molar refractivity (Wildman–Crippen MR) is 99.8 cm³/mol. The summed E-state index contributed by atoms with van der Waals surface area (Å²) in [5.74, 6) is -1.10. The molecular weight excluding hydrogens is 485 g/mol. The highest BCUT2D eigenvalue weighted by atomic mass is 79.9. The first-order valence-corrected chi connectivity index (χ1v) is 9.08. The van der Waals surface area contributed by atoms with E-state index < -0.39 is 23.7 Å². The monoisotopic (exact) mass is 491 g/mol. The van der Waals surface area contributed by atoms with Crippen molar-refractivity contribution in [1.82, 2.24) is 0 Å². The summed E-state index contributed by atoms with van der Waals surface area (Å²) >= 11 is 18.6. The first-order chi connectivity index (χ1) is 11.2. The van der Waals surface area contributed by atoms with E-state index in [1.807, 2.05) is 0 Å². The average molecular weight is 494 g/mol. The van der Waals surface area contributed by atoms with Crippen molar-refractivity contribution in [3.05, 3.63) is 60.4 Å². The fraction of sp³-hybridized carbons (Fsp3) is 0.125. The largest absolute Gasteiger partial charge is 0.375 e. The molecule has 124 valence electrons. The van der Waals surface area contributed by atoms with E-state index in [4.69, 9.17) is 23.2 Å². The molecule has 0 saturated carbocycles. The molecule has 0 aliphatic carbocycles. The number of hydrogen-bond donors (Lipinski definition) is 2. The maximum Gasteiger partial charge on any atom is 0.261 e. The minimum atomic E-state index is -2.02. The molecule has 24 heavy (non-hydrogen) atoms. The Morgan fingerprint density at radius 3 is 2.58 bits per heavy atom. The van der Waals surface area contributed by atoms with Crippen LogP contribution in [0, 0.1) is 0 Å². The van der Waals surface area contributed by atoms with Crippen molar-refractivity contribution in [2.45, 2.75) is 12.0 Å². The Morgan fingerprint density at radius 2 is 1.92 bits per heavy atom. The van der Waals surface area contributed by atoms with E-state index in [0.717, 1.165) is 4.47 Å². The van der Waals surface area contributed by atoms with Gasteiger partial charge in [0.1, 0.15) is 0 Å². The molecule has 2 aromatic rings. The lowest BCUT2D eigenvalue weighted by Crippen LogP contribution is -2.36. The van der Waals surface area contributed by atoms with E-state index in [9.17, 15) is 14.7 Å². The van der Waals surface area contributed by atoms with Crippen LogP contribution in [0.3, 0.4) is 0 Å². The first-order valence-electron chi connectivity index (χ1n) is 6.74. The normalized spacial score (nSPS) is 19.1. The van der Waals surface area contributed by atoms with Crippen molar-refractivity contribution in [1.29, 1.82) is 0 Å². The number of benzene rings is 2. The Kier molecular flexibility index (Phi) is 4.79. The second kappa shape index (κ2) is 6.42. The Bertz CT molecular complexity index is 888. The molecule has 3 rings (SSSR count). The molecule has 0 aromatic heterocycles. The molecule has 2 N–H and O–H groups in total. The van der Waals surface area contributed by atoms with Gasteiger partial charge in [-0.15, -0.1) is 0 Å². The summed E-state index contributed by atoms with van der Waals surface area (Å²) in [5, 5.41) is 13.9. The molecule has 8 heteroatoms. The summed E-state index contributed by atoms with van der Waals surface area (Å²) in [7, 11) is 0. The quantitative estimate of drug-likeness (QED) is 0.596. The topological polar surface area (TPSA) is 66.4 Å². The van der Waals surface area contributed by atoms with Gasteiger partial charge in [0.25, 0.3) is 5.91 Å². The lowest BCUT2D eigenvalue weighted by atomic mass is 9.88. The summed E-state index contributed by atoms with van der Waals surface area (Å²) in [6, 6.07) is 7.93. The maximum atomic E-state index is 12.6. The zero-order chi connectivity index (χ0) is 17.6. The first kappa shape index (κ1) is 17.9. The van der Waals surface area contributed by atoms with Crippen LogP contribution >= 0.6 is 55.1 Å². The smallest absolute Gasteiger partial charge is 0.261 e. The molecule has 0 fully saturated rings. The highest BCUT2D eigenvalue weighted by molar-refractivity contribution is 9.11. The number of amides is 1. The number of anilines is 1. The molecule has 0 unspecified atom stereocenters. The van der Waals surface area contributed by atoms with Crippen molar-refractivity contribution in [2.24, 2.45) is 0 Å². The lowest BCUT2D eigenvalue weighted by molar-refractivity contribution is -0.133. The van der Waals surface area contributed by atoms with Gasteiger partial charge in [0.05, 0.1) is 17.1 Å². The van der Waals surface area contributed by atoms with Crippen LogP contribution in [-0.4, -0.2) is 16.8 Å². The van der Waals surface area contributed by atoms with Crippen LogP contribution in [0.5, 0.6) is 0 Å². The molecule has 0 saturated heterocycles. The number of carbonyl (C=O) groups is 2. The van der Waals surface area contributed by atoms with Gasteiger partial charge < -0.3 is 10.4 Å². The zero-order valence-electron chi connectivity index (χ0n) is 11.9. The van der Waals surface area contributed by atoms with Crippen molar-refractivity contribution >= 4 is 72.4 Å². The van der Waals surface area contributed by atoms with Gasteiger partial charge in [-0.1, -0.05) is 55.1 Å². The Balaban J connectivity index is 2.01. The molecule has 0 bridgehead atoms.